The second kappa shape index (κ2) is 5.35. The molecule has 0 saturated heterocycles. The van der Waals surface area contributed by atoms with Gasteiger partial charge in [-0.3, -0.25) is 4.57 Å². The zero-order chi connectivity index (χ0) is 13.0. The summed E-state index contributed by atoms with van der Waals surface area (Å²) in [7, 11) is 0. The molecule has 18 heavy (non-hydrogen) atoms. The molecule has 0 aliphatic carbocycles. The number of aromatic nitrogens is 2. The van der Waals surface area contributed by atoms with Crippen molar-refractivity contribution < 1.29 is 4.74 Å². The first-order chi connectivity index (χ1) is 8.65. The van der Waals surface area contributed by atoms with Crippen LogP contribution in [0.5, 0.6) is 5.75 Å². The van der Waals surface area contributed by atoms with E-state index in [1.165, 1.54) is 4.57 Å². The van der Waals surface area contributed by atoms with Crippen LogP contribution in [0.3, 0.4) is 0 Å². The average Bonchev–Trinajstić information content (AvgIpc) is 2.36. The average molecular weight is 245 g/mol. The largest absolute Gasteiger partial charge is 0.492 e. The number of aryl methyl sites for hydroxylation is 1. The van der Waals surface area contributed by atoms with Crippen molar-refractivity contribution >= 4 is 5.69 Å². The Morgan fingerprint density at radius 2 is 2.06 bits per heavy atom. The summed E-state index contributed by atoms with van der Waals surface area (Å²) in [6.07, 6.45) is 3.32. The Balaban J connectivity index is 1.94. The van der Waals surface area contributed by atoms with E-state index in [0.29, 0.717) is 18.8 Å². The van der Waals surface area contributed by atoms with Gasteiger partial charge >= 0.3 is 5.69 Å². The molecular weight excluding hydrogens is 230 g/mol. The van der Waals surface area contributed by atoms with E-state index in [4.69, 9.17) is 10.5 Å². The highest BCUT2D eigenvalue weighted by molar-refractivity contribution is 5.41. The molecule has 0 radical (unpaired) electrons. The van der Waals surface area contributed by atoms with Crippen molar-refractivity contribution in [3.8, 4) is 5.75 Å². The predicted octanol–water partition coefficient (Wildman–Crippen LogP) is 1.21. The van der Waals surface area contributed by atoms with Gasteiger partial charge in [0.05, 0.1) is 6.54 Å². The third-order valence-corrected chi connectivity index (χ3v) is 2.46. The summed E-state index contributed by atoms with van der Waals surface area (Å²) in [5.41, 5.74) is 6.95. The molecule has 94 valence electrons. The highest BCUT2D eigenvalue weighted by Gasteiger charge is 1.98. The van der Waals surface area contributed by atoms with E-state index in [-0.39, 0.29) is 5.69 Å². The number of nitrogens with two attached hydrogens (primary N) is 1. The van der Waals surface area contributed by atoms with E-state index in [0.717, 1.165) is 11.3 Å². The number of hydrogen-bond donors (Lipinski definition) is 1. The van der Waals surface area contributed by atoms with Gasteiger partial charge in [0.2, 0.25) is 0 Å². The van der Waals surface area contributed by atoms with E-state index in [9.17, 15) is 4.79 Å². The first kappa shape index (κ1) is 12.2. The Kier molecular flexibility index (Phi) is 3.62. The molecule has 0 unspecified atom stereocenters. The van der Waals surface area contributed by atoms with Crippen molar-refractivity contribution in [2.24, 2.45) is 0 Å². The molecule has 0 atom stereocenters. The van der Waals surface area contributed by atoms with Crippen molar-refractivity contribution in [3.05, 3.63) is 52.7 Å². The molecule has 2 N–H and O–H groups in total. The minimum Gasteiger partial charge on any atom is -0.492 e. The summed E-state index contributed by atoms with van der Waals surface area (Å²) < 4.78 is 7.05. The van der Waals surface area contributed by atoms with Crippen molar-refractivity contribution in [1.82, 2.24) is 9.55 Å². The highest BCUT2D eigenvalue weighted by atomic mass is 16.5. The molecule has 0 aliphatic rings. The van der Waals surface area contributed by atoms with E-state index in [1.807, 2.05) is 6.92 Å². The van der Waals surface area contributed by atoms with Crippen LogP contribution in [0.1, 0.15) is 5.56 Å². The quantitative estimate of drug-likeness (QED) is 0.822. The Morgan fingerprint density at radius 3 is 2.78 bits per heavy atom. The van der Waals surface area contributed by atoms with E-state index < -0.39 is 0 Å². The SMILES string of the molecule is Cc1cnc(=O)n(CCOc2ccc(N)cc2)c1. The molecule has 1 heterocycles. The second-order valence-electron chi connectivity index (χ2n) is 4.02. The fourth-order valence-electron chi connectivity index (χ4n) is 1.55. The molecule has 0 amide bonds. The Labute approximate surface area is 105 Å². The number of ether oxygens (including phenoxy) is 1. The van der Waals surface area contributed by atoms with Gasteiger partial charge in [-0.1, -0.05) is 0 Å². The molecule has 5 nitrogen and oxygen atoms in total. The summed E-state index contributed by atoms with van der Waals surface area (Å²) in [6.45, 7) is 2.77. The molecule has 0 saturated carbocycles. The fraction of sp³-hybridized carbons (Fsp3) is 0.231. The predicted molar refractivity (Wildman–Crippen MR) is 69.6 cm³/mol. The molecule has 2 rings (SSSR count). The standard InChI is InChI=1S/C13H15N3O2/c1-10-8-15-13(17)16(9-10)6-7-18-12-4-2-11(14)3-5-12/h2-5,8-9H,6-7,14H2,1H3. The fourth-order valence-corrected chi connectivity index (χ4v) is 1.55. The van der Waals surface area contributed by atoms with Crippen LogP contribution in [0, 0.1) is 6.92 Å². The maximum atomic E-state index is 11.4. The van der Waals surface area contributed by atoms with Gasteiger partial charge in [-0.25, -0.2) is 9.78 Å². The van der Waals surface area contributed by atoms with Crippen LogP contribution in [0.4, 0.5) is 5.69 Å². The van der Waals surface area contributed by atoms with Gasteiger partial charge in [-0.2, -0.15) is 0 Å². The minimum atomic E-state index is -0.262. The molecule has 0 aliphatic heterocycles. The van der Waals surface area contributed by atoms with Crippen molar-refractivity contribution in [2.45, 2.75) is 13.5 Å². The van der Waals surface area contributed by atoms with Crippen LogP contribution in [0.25, 0.3) is 0 Å². The van der Waals surface area contributed by atoms with Crippen molar-refractivity contribution in [1.29, 1.82) is 0 Å². The van der Waals surface area contributed by atoms with Gasteiger partial charge in [0.25, 0.3) is 0 Å². The topological polar surface area (TPSA) is 70.1 Å². The van der Waals surface area contributed by atoms with Gasteiger partial charge in [0.1, 0.15) is 12.4 Å². The number of hydrogen-bond acceptors (Lipinski definition) is 4. The summed E-state index contributed by atoms with van der Waals surface area (Å²) in [4.78, 5) is 15.2. The Bertz CT molecular complexity index is 576. The monoisotopic (exact) mass is 245 g/mol. The summed E-state index contributed by atoms with van der Waals surface area (Å²) in [6, 6.07) is 7.14. The van der Waals surface area contributed by atoms with Crippen LogP contribution in [0.15, 0.2) is 41.5 Å². The smallest absolute Gasteiger partial charge is 0.347 e. The number of benzene rings is 1. The maximum Gasteiger partial charge on any atom is 0.347 e. The number of nitrogens with zero attached hydrogens (tertiary/aromatic N) is 2. The maximum absolute atomic E-state index is 11.4. The van der Waals surface area contributed by atoms with Gasteiger partial charge in [0, 0.05) is 18.1 Å². The number of rotatable bonds is 4. The van der Waals surface area contributed by atoms with E-state index in [1.54, 1.807) is 36.7 Å². The second-order valence-corrected chi connectivity index (χ2v) is 4.02. The zero-order valence-electron chi connectivity index (χ0n) is 10.2. The summed E-state index contributed by atoms with van der Waals surface area (Å²) >= 11 is 0. The number of anilines is 1. The molecule has 1 aromatic heterocycles. The lowest BCUT2D eigenvalue weighted by Gasteiger charge is -2.08. The molecule has 5 heteroatoms. The molecular formula is C13H15N3O2. The van der Waals surface area contributed by atoms with E-state index >= 15 is 0 Å². The van der Waals surface area contributed by atoms with Crippen molar-refractivity contribution in [2.75, 3.05) is 12.3 Å². The minimum absolute atomic E-state index is 0.262. The lowest BCUT2D eigenvalue weighted by molar-refractivity contribution is 0.295. The van der Waals surface area contributed by atoms with Crippen LogP contribution >= 0.6 is 0 Å². The first-order valence-electron chi connectivity index (χ1n) is 5.66. The van der Waals surface area contributed by atoms with Gasteiger partial charge in [0.15, 0.2) is 0 Å². The summed E-state index contributed by atoms with van der Waals surface area (Å²) in [5, 5.41) is 0. The van der Waals surface area contributed by atoms with Crippen LogP contribution in [0.2, 0.25) is 0 Å². The normalized spacial score (nSPS) is 10.3. The molecule has 1 aromatic carbocycles. The van der Waals surface area contributed by atoms with Gasteiger partial charge in [-0.05, 0) is 36.8 Å². The van der Waals surface area contributed by atoms with Crippen molar-refractivity contribution in [3.63, 3.8) is 0 Å². The molecule has 0 fully saturated rings. The van der Waals surface area contributed by atoms with Crippen LogP contribution < -0.4 is 16.2 Å². The third kappa shape index (κ3) is 3.10. The summed E-state index contributed by atoms with van der Waals surface area (Å²) in [5.74, 6) is 0.734. The molecule has 0 spiro atoms. The third-order valence-electron chi connectivity index (χ3n) is 2.46. The molecule has 0 bridgehead atoms. The zero-order valence-corrected chi connectivity index (χ0v) is 10.2. The Hall–Kier alpha value is -2.30. The van der Waals surface area contributed by atoms with E-state index in [2.05, 4.69) is 4.98 Å². The van der Waals surface area contributed by atoms with Gasteiger partial charge in [-0.15, -0.1) is 0 Å². The highest BCUT2D eigenvalue weighted by Crippen LogP contribution is 2.12. The molecule has 2 aromatic rings. The first-order valence-corrected chi connectivity index (χ1v) is 5.66. The lowest BCUT2D eigenvalue weighted by atomic mass is 10.3. The van der Waals surface area contributed by atoms with Crippen LogP contribution in [-0.2, 0) is 6.54 Å². The van der Waals surface area contributed by atoms with Crippen LogP contribution in [-0.4, -0.2) is 16.2 Å². The van der Waals surface area contributed by atoms with Gasteiger partial charge < -0.3 is 10.5 Å². The lowest BCUT2D eigenvalue weighted by Crippen LogP contribution is -2.25. The Morgan fingerprint density at radius 1 is 1.33 bits per heavy atom. The number of nitrogen functional groups attached to an aromatic ring is 1.